The molecule has 192 valence electrons. The van der Waals surface area contributed by atoms with E-state index in [1.54, 1.807) is 48.5 Å². The summed E-state index contributed by atoms with van der Waals surface area (Å²) in [7, 11) is 0. The molecule has 3 aromatic rings. The van der Waals surface area contributed by atoms with E-state index in [-0.39, 0.29) is 6.61 Å². The molecule has 0 unspecified atom stereocenters. The summed E-state index contributed by atoms with van der Waals surface area (Å²) < 4.78 is 30.7. The Hall–Kier alpha value is -3.17. The van der Waals surface area contributed by atoms with Crippen molar-refractivity contribution in [1.82, 2.24) is 0 Å². The molecular weight excluding hydrogens is 492 g/mol. The summed E-state index contributed by atoms with van der Waals surface area (Å²) in [6.07, 6.45) is -3.72. The van der Waals surface area contributed by atoms with Crippen LogP contribution >= 0.6 is 11.8 Å². The number of rotatable bonds is 7. The van der Waals surface area contributed by atoms with E-state index in [1.165, 1.54) is 11.8 Å². The van der Waals surface area contributed by atoms with Gasteiger partial charge in [-0.2, -0.15) is 0 Å². The lowest BCUT2D eigenvalue weighted by Crippen LogP contribution is -2.63. The summed E-state index contributed by atoms with van der Waals surface area (Å²) in [6, 6.07) is 27.0. The zero-order valence-electron chi connectivity index (χ0n) is 20.3. The van der Waals surface area contributed by atoms with Crippen molar-refractivity contribution in [1.29, 1.82) is 0 Å². The molecule has 0 aliphatic carbocycles. The number of hydrogen-bond acceptors (Lipinski definition) is 8. The van der Waals surface area contributed by atoms with Crippen molar-refractivity contribution < 1.29 is 33.3 Å². The summed E-state index contributed by atoms with van der Waals surface area (Å²) in [5.74, 6) is -0.352. The van der Waals surface area contributed by atoms with E-state index in [0.29, 0.717) is 16.9 Å². The predicted octanol–water partition coefficient (Wildman–Crippen LogP) is 5.03. The zero-order valence-corrected chi connectivity index (χ0v) is 21.1. The molecule has 0 bridgehead atoms. The number of esters is 2. The van der Waals surface area contributed by atoms with Gasteiger partial charge in [0.25, 0.3) is 0 Å². The highest BCUT2D eigenvalue weighted by atomic mass is 32.2. The molecule has 2 fully saturated rings. The number of benzene rings is 3. The van der Waals surface area contributed by atoms with Crippen LogP contribution in [0.25, 0.3) is 0 Å². The number of hydrogen-bond donors (Lipinski definition) is 0. The van der Waals surface area contributed by atoms with Crippen LogP contribution in [0.1, 0.15) is 39.5 Å². The highest BCUT2D eigenvalue weighted by Gasteiger charge is 2.53. The normalized spacial score (nSPS) is 27.1. The SMILES string of the molecule is CCS[C@@H]1O[C@@H]2CO[C@H](c3ccccc3)O[C@H]2[C@H](OC(=O)c2ccccc2)[C@H]1OC(=O)c1ccccc1. The van der Waals surface area contributed by atoms with E-state index in [0.717, 1.165) is 5.56 Å². The zero-order chi connectivity index (χ0) is 25.6. The Morgan fingerprint density at radius 2 is 1.32 bits per heavy atom. The third-order valence-corrected chi connectivity index (χ3v) is 7.23. The van der Waals surface area contributed by atoms with Crippen LogP contribution in [0.4, 0.5) is 0 Å². The van der Waals surface area contributed by atoms with Crippen molar-refractivity contribution in [2.24, 2.45) is 0 Å². The predicted molar refractivity (Wildman–Crippen MR) is 138 cm³/mol. The van der Waals surface area contributed by atoms with Gasteiger partial charge in [0.15, 0.2) is 18.5 Å². The van der Waals surface area contributed by atoms with Crippen LogP contribution < -0.4 is 0 Å². The summed E-state index contributed by atoms with van der Waals surface area (Å²) in [4.78, 5) is 26.3. The van der Waals surface area contributed by atoms with Crippen molar-refractivity contribution in [3.8, 4) is 0 Å². The summed E-state index contributed by atoms with van der Waals surface area (Å²) in [6.45, 7) is 2.23. The minimum atomic E-state index is -0.918. The lowest BCUT2D eigenvalue weighted by atomic mass is 9.98. The topological polar surface area (TPSA) is 80.3 Å². The molecule has 37 heavy (non-hydrogen) atoms. The highest BCUT2D eigenvalue weighted by molar-refractivity contribution is 7.99. The lowest BCUT2D eigenvalue weighted by Gasteiger charge is -2.48. The average Bonchev–Trinajstić information content (AvgIpc) is 2.96. The summed E-state index contributed by atoms with van der Waals surface area (Å²) in [5, 5.41) is 0. The van der Waals surface area contributed by atoms with Gasteiger partial charge in [-0.15, -0.1) is 11.8 Å². The van der Waals surface area contributed by atoms with Crippen molar-refractivity contribution in [2.45, 2.75) is 43.1 Å². The maximum absolute atomic E-state index is 13.2. The third-order valence-electron chi connectivity index (χ3n) is 6.19. The number of carbonyl (C=O) groups excluding carboxylic acids is 2. The quantitative estimate of drug-likeness (QED) is 0.402. The maximum atomic E-state index is 13.2. The molecule has 0 saturated carbocycles. The molecular formula is C29H28O7S. The number of carbonyl (C=O) groups is 2. The van der Waals surface area contributed by atoms with Crippen molar-refractivity contribution in [2.75, 3.05) is 12.4 Å². The second-order valence-corrected chi connectivity index (χ2v) is 10.0. The molecule has 0 spiro atoms. The van der Waals surface area contributed by atoms with Gasteiger partial charge in [0.1, 0.15) is 17.6 Å². The first-order valence-electron chi connectivity index (χ1n) is 12.2. The van der Waals surface area contributed by atoms with Crippen LogP contribution in [-0.2, 0) is 23.7 Å². The second kappa shape index (κ2) is 11.9. The molecule has 2 saturated heterocycles. The number of ether oxygens (including phenoxy) is 5. The Bertz CT molecular complexity index is 1170. The average molecular weight is 521 g/mol. The molecule has 3 aromatic carbocycles. The van der Waals surface area contributed by atoms with Gasteiger partial charge in [0, 0.05) is 5.56 Å². The van der Waals surface area contributed by atoms with Crippen LogP contribution in [-0.4, -0.2) is 54.2 Å². The number of thioether (sulfide) groups is 1. The molecule has 5 rings (SSSR count). The van der Waals surface area contributed by atoms with Gasteiger partial charge in [-0.1, -0.05) is 73.7 Å². The van der Waals surface area contributed by atoms with Gasteiger partial charge >= 0.3 is 11.9 Å². The molecule has 2 aliphatic rings. The molecule has 8 heteroatoms. The lowest BCUT2D eigenvalue weighted by molar-refractivity contribution is -0.317. The van der Waals surface area contributed by atoms with Crippen LogP contribution in [0, 0.1) is 0 Å². The van der Waals surface area contributed by atoms with Gasteiger partial charge < -0.3 is 23.7 Å². The summed E-state index contributed by atoms with van der Waals surface area (Å²) >= 11 is 1.48. The molecule has 0 N–H and O–H groups in total. The van der Waals surface area contributed by atoms with Crippen LogP contribution in [0.3, 0.4) is 0 Å². The largest absolute Gasteiger partial charge is 0.452 e. The fourth-order valence-electron chi connectivity index (χ4n) is 4.42. The fourth-order valence-corrected chi connectivity index (χ4v) is 5.37. The third kappa shape index (κ3) is 5.88. The van der Waals surface area contributed by atoms with E-state index in [1.807, 2.05) is 49.4 Å². The van der Waals surface area contributed by atoms with Crippen molar-refractivity contribution in [3.63, 3.8) is 0 Å². The van der Waals surface area contributed by atoms with Crippen LogP contribution in [0.5, 0.6) is 0 Å². The molecule has 0 aromatic heterocycles. The Morgan fingerprint density at radius 1 is 0.784 bits per heavy atom. The number of fused-ring (bicyclic) bond motifs is 1. The van der Waals surface area contributed by atoms with Gasteiger partial charge in [0.2, 0.25) is 0 Å². The fraction of sp³-hybridized carbons (Fsp3) is 0.310. The van der Waals surface area contributed by atoms with E-state index in [9.17, 15) is 9.59 Å². The molecule has 2 aliphatic heterocycles. The van der Waals surface area contributed by atoms with E-state index < -0.39 is 48.1 Å². The Kier molecular flexibility index (Phi) is 8.21. The minimum Gasteiger partial charge on any atom is -0.452 e. The Labute approximate surface area is 220 Å². The maximum Gasteiger partial charge on any atom is 0.338 e. The van der Waals surface area contributed by atoms with Gasteiger partial charge in [0.05, 0.1) is 17.7 Å². The molecule has 7 nitrogen and oxygen atoms in total. The van der Waals surface area contributed by atoms with Gasteiger partial charge in [-0.05, 0) is 30.0 Å². The highest BCUT2D eigenvalue weighted by Crippen LogP contribution is 2.39. The summed E-state index contributed by atoms with van der Waals surface area (Å²) in [5.41, 5.74) is 1.04. The van der Waals surface area contributed by atoms with Crippen LogP contribution in [0.2, 0.25) is 0 Å². The van der Waals surface area contributed by atoms with Crippen molar-refractivity contribution >= 4 is 23.7 Å². The molecule has 2 heterocycles. The smallest absolute Gasteiger partial charge is 0.338 e. The van der Waals surface area contributed by atoms with E-state index >= 15 is 0 Å². The molecule has 0 radical (unpaired) electrons. The van der Waals surface area contributed by atoms with Gasteiger partial charge in [-0.25, -0.2) is 9.59 Å². The Morgan fingerprint density at radius 3 is 1.89 bits per heavy atom. The first-order chi connectivity index (χ1) is 18.1. The molecule has 6 atom stereocenters. The van der Waals surface area contributed by atoms with E-state index in [4.69, 9.17) is 23.7 Å². The standard InChI is InChI=1S/C29H28O7S/c1-2-37-29-25(35-27(31)20-14-8-4-9-15-20)24(34-26(30)19-12-6-3-7-13-19)23-22(33-29)18-32-28(36-23)21-16-10-5-11-17-21/h3-17,22-25,28-29H,2,18H2,1H3/t22-,23-,24+,25-,28+,29+/m1/s1. The van der Waals surface area contributed by atoms with Crippen LogP contribution in [0.15, 0.2) is 91.0 Å². The van der Waals surface area contributed by atoms with E-state index in [2.05, 4.69) is 0 Å². The van der Waals surface area contributed by atoms with Crippen molar-refractivity contribution in [3.05, 3.63) is 108 Å². The van der Waals surface area contributed by atoms with Gasteiger partial charge in [-0.3, -0.25) is 0 Å². The second-order valence-electron chi connectivity index (χ2n) is 8.65. The monoisotopic (exact) mass is 520 g/mol. The minimum absolute atomic E-state index is 0.240. The Balaban J connectivity index is 1.47. The first kappa shape index (κ1) is 25.5. The first-order valence-corrected chi connectivity index (χ1v) is 13.3. The molecule has 0 amide bonds.